The first-order valence-corrected chi connectivity index (χ1v) is 6.85. The molecule has 1 rings (SSSR count). The maximum atomic E-state index is 4.76. The van der Waals surface area contributed by atoms with Crippen molar-refractivity contribution < 1.29 is 0 Å². The highest BCUT2D eigenvalue weighted by Crippen LogP contribution is 2.14. The maximum absolute atomic E-state index is 4.76. The number of hydrogen-bond donors (Lipinski definition) is 1. The molecule has 0 heterocycles. The van der Waals surface area contributed by atoms with Crippen molar-refractivity contribution in [2.24, 2.45) is 0 Å². The van der Waals surface area contributed by atoms with Gasteiger partial charge in [0.1, 0.15) is 0 Å². The van der Waals surface area contributed by atoms with Gasteiger partial charge in [-0.25, -0.2) is 0 Å². The molecule has 0 N–H and O–H groups in total. The fourth-order valence-corrected chi connectivity index (χ4v) is 2.07. The molecule has 0 aliphatic rings. The van der Waals surface area contributed by atoms with E-state index in [1.165, 1.54) is 21.9 Å². The molecule has 0 spiro atoms. The zero-order valence-corrected chi connectivity index (χ0v) is 13.4. The largest absolute Gasteiger partial charge is 0.144 e. The topological polar surface area (TPSA) is 0 Å². The van der Waals surface area contributed by atoms with Crippen molar-refractivity contribution in [3.05, 3.63) is 22.8 Å². The zero-order valence-electron chi connectivity index (χ0n) is 8.99. The van der Waals surface area contributed by atoms with E-state index in [2.05, 4.69) is 39.5 Å². The summed E-state index contributed by atoms with van der Waals surface area (Å²) in [7, 11) is 1.10. The number of alkyl halides is 2. The van der Waals surface area contributed by atoms with Gasteiger partial charge in [-0.1, -0.05) is 5.19 Å². The van der Waals surface area contributed by atoms with E-state index >= 15 is 0 Å². The standard InChI is InChI=1S/C9H14SSi.CH2Cl2/c1-5-4-8(10)9(11)7(3)6(5)2;2-1-3/h4,10H,1-3,11H3;1H2. The van der Waals surface area contributed by atoms with E-state index in [0.717, 1.165) is 15.1 Å². The Hall–Kier alpha value is 0.367. The smallest absolute Gasteiger partial charge is 0.0967 e. The molecular formula is C10H16Cl2SSi. The molecule has 0 fully saturated rings. The lowest BCUT2D eigenvalue weighted by atomic mass is 10.0. The van der Waals surface area contributed by atoms with Crippen molar-refractivity contribution in [1.82, 2.24) is 0 Å². The van der Waals surface area contributed by atoms with Gasteiger partial charge in [0, 0.05) is 15.1 Å². The van der Waals surface area contributed by atoms with Crippen molar-refractivity contribution in [1.29, 1.82) is 0 Å². The Morgan fingerprint density at radius 3 is 2.07 bits per heavy atom. The maximum Gasteiger partial charge on any atom is 0.0967 e. The number of benzene rings is 1. The van der Waals surface area contributed by atoms with E-state index in [-0.39, 0.29) is 5.34 Å². The van der Waals surface area contributed by atoms with E-state index in [1.54, 1.807) is 0 Å². The molecule has 1 aromatic rings. The van der Waals surface area contributed by atoms with E-state index in [0.29, 0.717) is 0 Å². The fraction of sp³-hybridized carbons (Fsp3) is 0.400. The van der Waals surface area contributed by atoms with Crippen LogP contribution < -0.4 is 5.19 Å². The Bertz CT molecular complexity index is 287. The third kappa shape index (κ3) is 3.85. The van der Waals surface area contributed by atoms with E-state index < -0.39 is 0 Å². The van der Waals surface area contributed by atoms with E-state index in [1.807, 2.05) is 0 Å². The first kappa shape index (κ1) is 14.4. The summed E-state index contributed by atoms with van der Waals surface area (Å²) in [5, 5.41) is 1.64. The molecule has 0 bridgehead atoms. The molecule has 0 aliphatic carbocycles. The summed E-state index contributed by atoms with van der Waals surface area (Å²) in [5.74, 6) is 0. The van der Waals surface area contributed by atoms with Gasteiger partial charge < -0.3 is 0 Å². The van der Waals surface area contributed by atoms with Crippen molar-refractivity contribution in [3.8, 4) is 0 Å². The molecule has 80 valence electrons. The van der Waals surface area contributed by atoms with Crippen molar-refractivity contribution in [3.63, 3.8) is 0 Å². The lowest BCUT2D eigenvalue weighted by Crippen LogP contribution is -2.12. The molecule has 1 aromatic carbocycles. The normalized spacial score (nSPS) is 9.57. The second kappa shape index (κ2) is 6.78. The Morgan fingerprint density at radius 1 is 1.21 bits per heavy atom. The van der Waals surface area contributed by atoms with Gasteiger partial charge in [0.25, 0.3) is 0 Å². The Morgan fingerprint density at radius 2 is 1.64 bits per heavy atom. The molecule has 0 amide bonds. The molecule has 14 heavy (non-hydrogen) atoms. The van der Waals surface area contributed by atoms with Crippen molar-refractivity contribution in [2.75, 3.05) is 5.34 Å². The average molecular weight is 267 g/mol. The van der Waals surface area contributed by atoms with Crippen LogP contribution in [0.1, 0.15) is 16.7 Å². The highest BCUT2D eigenvalue weighted by atomic mass is 35.5. The van der Waals surface area contributed by atoms with E-state index in [4.69, 9.17) is 23.2 Å². The third-order valence-electron chi connectivity index (χ3n) is 2.45. The highest BCUT2D eigenvalue weighted by molar-refractivity contribution is 7.80. The summed E-state index contributed by atoms with van der Waals surface area (Å²) in [5.41, 5.74) is 4.21. The molecule has 4 heteroatoms. The minimum atomic E-state index is 0.194. The molecule has 0 saturated heterocycles. The van der Waals surface area contributed by atoms with Crippen molar-refractivity contribution >= 4 is 51.3 Å². The molecule has 0 unspecified atom stereocenters. The number of hydrogen-bond acceptors (Lipinski definition) is 1. The predicted molar refractivity (Wildman–Crippen MR) is 74.1 cm³/mol. The van der Waals surface area contributed by atoms with Crippen LogP contribution in [0, 0.1) is 20.8 Å². The number of halogens is 2. The Balaban J connectivity index is 0.000000500. The van der Waals surface area contributed by atoms with Gasteiger partial charge in [-0.15, -0.1) is 35.8 Å². The van der Waals surface area contributed by atoms with Gasteiger partial charge in [-0.2, -0.15) is 0 Å². The highest BCUT2D eigenvalue weighted by Gasteiger charge is 2.02. The van der Waals surface area contributed by atoms with Gasteiger partial charge >= 0.3 is 0 Å². The summed E-state index contributed by atoms with van der Waals surface area (Å²) in [4.78, 5) is 1.16. The summed E-state index contributed by atoms with van der Waals surface area (Å²) < 4.78 is 0. The van der Waals surface area contributed by atoms with Crippen molar-refractivity contribution in [2.45, 2.75) is 25.7 Å². The number of rotatable bonds is 0. The molecule has 0 nitrogen and oxygen atoms in total. The van der Waals surface area contributed by atoms with Crippen LogP contribution in [0.5, 0.6) is 0 Å². The van der Waals surface area contributed by atoms with Gasteiger partial charge in [-0.05, 0) is 43.5 Å². The number of aryl methyl sites for hydroxylation is 1. The summed E-state index contributed by atoms with van der Waals surface area (Å²) in [6, 6.07) is 2.16. The Kier molecular flexibility index (Phi) is 6.96. The van der Waals surface area contributed by atoms with Crippen LogP contribution in [-0.4, -0.2) is 15.6 Å². The monoisotopic (exact) mass is 266 g/mol. The van der Waals surface area contributed by atoms with Crippen LogP contribution in [-0.2, 0) is 0 Å². The average Bonchev–Trinajstić information content (AvgIpc) is 2.13. The first-order chi connectivity index (χ1) is 6.45. The van der Waals surface area contributed by atoms with Crippen LogP contribution in [0.4, 0.5) is 0 Å². The number of thiol groups is 1. The lowest BCUT2D eigenvalue weighted by molar-refractivity contribution is 1.24. The zero-order chi connectivity index (χ0) is 11.3. The van der Waals surface area contributed by atoms with Gasteiger partial charge in [0.05, 0.1) is 5.34 Å². The fourth-order valence-electron chi connectivity index (χ4n) is 1.19. The molecule has 0 aliphatic heterocycles. The van der Waals surface area contributed by atoms with Gasteiger partial charge in [0.2, 0.25) is 0 Å². The van der Waals surface area contributed by atoms with E-state index in [9.17, 15) is 0 Å². The molecular weight excluding hydrogens is 251 g/mol. The third-order valence-corrected chi connectivity index (χ3v) is 4.63. The van der Waals surface area contributed by atoms with Crippen LogP contribution in [0.25, 0.3) is 0 Å². The quantitative estimate of drug-likeness (QED) is 0.416. The van der Waals surface area contributed by atoms with Crippen LogP contribution in [0.15, 0.2) is 11.0 Å². The minimum absolute atomic E-state index is 0.194. The predicted octanol–water partition coefficient (Wildman–Crippen LogP) is 2.31. The molecule has 0 aromatic heterocycles. The second-order valence-electron chi connectivity index (χ2n) is 3.19. The molecule has 0 radical (unpaired) electrons. The minimum Gasteiger partial charge on any atom is -0.144 e. The first-order valence-electron chi connectivity index (χ1n) is 4.34. The molecule has 0 saturated carbocycles. The Labute approximate surface area is 105 Å². The second-order valence-corrected chi connectivity index (χ2v) is 5.48. The summed E-state index contributed by atoms with van der Waals surface area (Å²) in [6.45, 7) is 6.51. The summed E-state index contributed by atoms with van der Waals surface area (Å²) in [6.07, 6.45) is 0. The summed E-state index contributed by atoms with van der Waals surface area (Å²) >= 11 is 13.9. The van der Waals surface area contributed by atoms with Crippen LogP contribution in [0.2, 0.25) is 0 Å². The van der Waals surface area contributed by atoms with Crippen LogP contribution >= 0.6 is 35.8 Å². The van der Waals surface area contributed by atoms with Gasteiger partial charge in [-0.3, -0.25) is 0 Å². The van der Waals surface area contributed by atoms with Crippen LogP contribution in [0.3, 0.4) is 0 Å². The SMILES string of the molecule is Cc1cc(S)c([SiH3])c(C)c1C.ClCCl. The van der Waals surface area contributed by atoms with Gasteiger partial charge in [0.15, 0.2) is 0 Å². The molecule has 0 atom stereocenters. The lowest BCUT2D eigenvalue weighted by Gasteiger charge is -2.10.